The molecule has 0 unspecified atom stereocenters. The smallest absolute Gasteiger partial charge is 0.262 e. The van der Waals surface area contributed by atoms with Gasteiger partial charge in [0.05, 0.1) is 11.8 Å². The summed E-state index contributed by atoms with van der Waals surface area (Å²) in [7, 11) is 0. The molecule has 0 spiro atoms. The Kier molecular flexibility index (Phi) is 6.94. The van der Waals surface area contributed by atoms with E-state index in [1.165, 1.54) is 17.3 Å². The number of benzene rings is 3. The summed E-state index contributed by atoms with van der Waals surface area (Å²) in [5, 5.41) is 10.2. The molecule has 3 aromatic rings. The molecule has 8 heteroatoms. The second-order valence-electron chi connectivity index (χ2n) is 8.99. The molecule has 2 heterocycles. The minimum absolute atomic E-state index is 0.0401. The number of aliphatic imine (C=N–C) groups is 1. The van der Waals surface area contributed by atoms with E-state index in [2.05, 4.69) is 34.6 Å². The van der Waals surface area contributed by atoms with Gasteiger partial charge < -0.3 is 5.32 Å². The summed E-state index contributed by atoms with van der Waals surface area (Å²) in [6.07, 6.45) is 0.704. The first-order valence-electron chi connectivity index (χ1n) is 11.7. The molecule has 36 heavy (non-hydrogen) atoms. The van der Waals surface area contributed by atoms with Crippen LogP contribution in [-0.2, 0) is 9.59 Å². The van der Waals surface area contributed by atoms with Crippen LogP contribution in [0, 0.1) is 13.8 Å². The average Bonchev–Trinajstić information content (AvgIpc) is 3.44. The van der Waals surface area contributed by atoms with Gasteiger partial charge in [-0.15, -0.1) is 0 Å². The Bertz CT molecular complexity index is 1370. The van der Waals surface area contributed by atoms with Crippen LogP contribution in [-0.4, -0.2) is 33.0 Å². The Morgan fingerprint density at radius 2 is 1.81 bits per heavy atom. The molecule has 2 aliphatic rings. The molecule has 6 nitrogen and oxygen atoms in total. The van der Waals surface area contributed by atoms with Crippen molar-refractivity contribution in [2.24, 2.45) is 10.1 Å². The van der Waals surface area contributed by atoms with E-state index in [-0.39, 0.29) is 24.3 Å². The third-order valence-corrected chi connectivity index (χ3v) is 7.54. The van der Waals surface area contributed by atoms with Gasteiger partial charge in [-0.25, -0.2) is 5.01 Å². The van der Waals surface area contributed by atoms with Crippen molar-refractivity contribution in [3.8, 4) is 0 Å². The lowest BCUT2D eigenvalue weighted by molar-refractivity contribution is -0.121. The van der Waals surface area contributed by atoms with Crippen molar-refractivity contribution in [1.82, 2.24) is 5.01 Å². The van der Waals surface area contributed by atoms with Gasteiger partial charge in [0.15, 0.2) is 5.17 Å². The first kappa shape index (κ1) is 24.3. The van der Waals surface area contributed by atoms with Crippen molar-refractivity contribution in [3.63, 3.8) is 0 Å². The molecule has 0 aliphatic carbocycles. The summed E-state index contributed by atoms with van der Waals surface area (Å²) >= 11 is 7.41. The van der Waals surface area contributed by atoms with Crippen LogP contribution < -0.4 is 5.32 Å². The average molecular weight is 517 g/mol. The monoisotopic (exact) mass is 516 g/mol. The van der Waals surface area contributed by atoms with Crippen molar-refractivity contribution in [2.75, 3.05) is 5.32 Å². The molecule has 0 fully saturated rings. The summed E-state index contributed by atoms with van der Waals surface area (Å²) in [6.45, 7) is 4.01. The van der Waals surface area contributed by atoms with Crippen molar-refractivity contribution in [3.05, 3.63) is 100 Å². The highest BCUT2D eigenvalue weighted by Crippen LogP contribution is 2.39. The number of amides is 2. The van der Waals surface area contributed by atoms with Crippen molar-refractivity contribution in [1.29, 1.82) is 0 Å². The minimum atomic E-state index is -0.589. The van der Waals surface area contributed by atoms with Gasteiger partial charge in [0.2, 0.25) is 5.91 Å². The second-order valence-corrected chi connectivity index (χ2v) is 10.6. The van der Waals surface area contributed by atoms with E-state index in [0.717, 1.165) is 22.4 Å². The van der Waals surface area contributed by atoms with Crippen LogP contribution in [0.1, 0.15) is 41.1 Å². The maximum absolute atomic E-state index is 12.8. The molecule has 2 atom stereocenters. The van der Waals surface area contributed by atoms with Crippen LogP contribution >= 0.6 is 23.4 Å². The molecule has 182 valence electrons. The first-order chi connectivity index (χ1) is 17.4. The van der Waals surface area contributed by atoms with E-state index in [4.69, 9.17) is 16.7 Å². The van der Waals surface area contributed by atoms with E-state index in [9.17, 15) is 9.59 Å². The standard InChI is InChI=1S/C28H25ClN4O2S/c1-17-6-8-19(9-7-17)23-15-24(20-10-12-21(29)13-11-20)33(32-23)28-31-27(35)25(36-28)16-26(34)30-22-5-3-4-18(2)14-22/h3-14,24-25H,15-16H2,1-2H3,(H,30,34)/t24-,25-/m0/s1. The Balaban J connectivity index is 1.35. The van der Waals surface area contributed by atoms with Gasteiger partial charge in [0, 0.05) is 23.6 Å². The van der Waals surface area contributed by atoms with Crippen LogP contribution in [0.5, 0.6) is 0 Å². The molecular weight excluding hydrogens is 492 g/mol. The first-order valence-corrected chi connectivity index (χ1v) is 13.0. The van der Waals surface area contributed by atoms with Crippen LogP contribution in [0.2, 0.25) is 5.02 Å². The number of carbonyl (C=O) groups is 2. The lowest BCUT2D eigenvalue weighted by atomic mass is 9.98. The number of thioether (sulfide) groups is 1. The third kappa shape index (κ3) is 5.37. The number of hydrogen-bond donors (Lipinski definition) is 1. The fourth-order valence-corrected chi connectivity index (χ4v) is 5.45. The van der Waals surface area contributed by atoms with Gasteiger partial charge in [-0.1, -0.05) is 77.5 Å². The van der Waals surface area contributed by atoms with E-state index >= 15 is 0 Å². The van der Waals surface area contributed by atoms with Gasteiger partial charge >= 0.3 is 0 Å². The fourth-order valence-electron chi connectivity index (χ4n) is 4.26. The lowest BCUT2D eigenvalue weighted by Gasteiger charge is -2.23. The number of aryl methyl sites for hydroxylation is 2. The van der Waals surface area contributed by atoms with E-state index < -0.39 is 5.25 Å². The van der Waals surface area contributed by atoms with Gasteiger partial charge in [0.1, 0.15) is 5.25 Å². The Hall–Kier alpha value is -3.42. The Labute approximate surface area is 219 Å². The number of anilines is 1. The number of hydrogen-bond acceptors (Lipinski definition) is 5. The predicted molar refractivity (Wildman–Crippen MR) is 147 cm³/mol. The number of halogens is 1. The number of hydrazone groups is 1. The molecule has 0 saturated heterocycles. The lowest BCUT2D eigenvalue weighted by Crippen LogP contribution is -2.25. The highest BCUT2D eigenvalue weighted by atomic mass is 35.5. The zero-order chi connectivity index (χ0) is 25.2. The molecule has 1 N–H and O–H groups in total. The summed E-state index contributed by atoms with van der Waals surface area (Å²) in [5.74, 6) is -0.536. The highest BCUT2D eigenvalue weighted by molar-refractivity contribution is 8.15. The van der Waals surface area contributed by atoms with E-state index in [1.54, 1.807) is 0 Å². The third-order valence-electron chi connectivity index (χ3n) is 6.15. The summed E-state index contributed by atoms with van der Waals surface area (Å²) in [6, 6.07) is 23.3. The van der Waals surface area contributed by atoms with Gasteiger partial charge in [-0.2, -0.15) is 10.1 Å². The molecule has 3 aromatic carbocycles. The molecule has 0 radical (unpaired) electrons. The normalized spacial score (nSPS) is 19.3. The molecule has 0 saturated carbocycles. The van der Waals surface area contributed by atoms with Gasteiger partial charge in [-0.05, 0) is 54.8 Å². The largest absolute Gasteiger partial charge is 0.326 e. The number of nitrogens with zero attached hydrogens (tertiary/aromatic N) is 3. The van der Waals surface area contributed by atoms with Crippen LogP contribution in [0.15, 0.2) is 82.9 Å². The van der Waals surface area contributed by atoms with Crippen LogP contribution in [0.3, 0.4) is 0 Å². The van der Waals surface area contributed by atoms with Crippen LogP contribution in [0.4, 0.5) is 5.69 Å². The zero-order valence-corrected chi connectivity index (χ0v) is 21.5. The van der Waals surface area contributed by atoms with Gasteiger partial charge in [0.25, 0.3) is 5.91 Å². The van der Waals surface area contributed by atoms with Crippen molar-refractivity contribution >= 4 is 51.7 Å². The minimum Gasteiger partial charge on any atom is -0.326 e. The van der Waals surface area contributed by atoms with Gasteiger partial charge in [-0.3, -0.25) is 9.59 Å². The molecule has 2 amide bonds. The fraction of sp³-hybridized carbons (Fsp3) is 0.214. The maximum atomic E-state index is 12.8. The molecular formula is C28H25ClN4O2S. The highest BCUT2D eigenvalue weighted by Gasteiger charge is 2.39. The number of amidine groups is 1. The topological polar surface area (TPSA) is 74.1 Å². The van der Waals surface area contributed by atoms with E-state index in [0.29, 0.717) is 22.3 Å². The summed E-state index contributed by atoms with van der Waals surface area (Å²) in [5.41, 5.74) is 5.93. The zero-order valence-electron chi connectivity index (χ0n) is 19.9. The molecule has 0 aromatic heterocycles. The molecule has 5 rings (SSSR count). The van der Waals surface area contributed by atoms with Crippen molar-refractivity contribution < 1.29 is 9.59 Å². The Morgan fingerprint density at radius 1 is 1.06 bits per heavy atom. The SMILES string of the molecule is Cc1ccc(C2=NN(C3=NC(=O)[C@H](CC(=O)Nc4cccc(C)c4)S3)[C@H](c3ccc(Cl)cc3)C2)cc1. The second kappa shape index (κ2) is 10.3. The maximum Gasteiger partial charge on any atom is 0.262 e. The number of rotatable bonds is 5. The summed E-state index contributed by atoms with van der Waals surface area (Å²) < 4.78 is 0. The molecule has 0 bridgehead atoms. The van der Waals surface area contributed by atoms with E-state index in [1.807, 2.05) is 67.4 Å². The predicted octanol–water partition coefficient (Wildman–Crippen LogP) is 6.13. The van der Waals surface area contributed by atoms with Crippen molar-refractivity contribution in [2.45, 2.75) is 38.0 Å². The van der Waals surface area contributed by atoms with Crippen LogP contribution in [0.25, 0.3) is 0 Å². The number of carbonyl (C=O) groups excluding carboxylic acids is 2. The summed E-state index contributed by atoms with van der Waals surface area (Å²) in [4.78, 5) is 29.7. The number of nitrogens with one attached hydrogen (secondary N) is 1. The quantitative estimate of drug-likeness (QED) is 0.442. The molecule has 2 aliphatic heterocycles. The Morgan fingerprint density at radius 3 is 2.53 bits per heavy atom.